The SMILES string of the molecule is Cc1c(-c2ccccc2)nc2ccc(Br)cc2c1C(=O)NC12CCC(C(=O)O)(CC1)CC2C(=O)NC1CCC1. The largest absolute Gasteiger partial charge is 0.481 e. The number of halogens is 1. The lowest BCUT2D eigenvalue weighted by atomic mass is 9.52. The molecule has 0 saturated heterocycles. The summed E-state index contributed by atoms with van der Waals surface area (Å²) in [6.07, 6.45) is 5.06. The molecule has 8 heteroatoms. The molecule has 7 rings (SSSR count). The number of nitrogens with zero attached hydrogens (tertiary/aromatic N) is 1. The van der Waals surface area contributed by atoms with E-state index >= 15 is 0 Å². The molecule has 1 atom stereocenters. The smallest absolute Gasteiger partial charge is 0.309 e. The second kappa shape index (κ2) is 9.73. The molecule has 7 nitrogen and oxygen atoms in total. The lowest BCUT2D eigenvalue weighted by molar-refractivity contribution is -0.162. The van der Waals surface area contributed by atoms with Crippen molar-refractivity contribution >= 4 is 44.6 Å². The molecular formula is C31H32BrN3O4. The van der Waals surface area contributed by atoms with Gasteiger partial charge in [0.05, 0.1) is 33.6 Å². The second-order valence-electron chi connectivity index (χ2n) is 11.6. The number of carboxylic acids is 1. The Morgan fingerprint density at radius 1 is 1.03 bits per heavy atom. The van der Waals surface area contributed by atoms with Gasteiger partial charge in [-0.1, -0.05) is 46.3 Å². The molecule has 2 amide bonds. The summed E-state index contributed by atoms with van der Waals surface area (Å²) < 4.78 is 0.843. The average Bonchev–Trinajstić information content (AvgIpc) is 2.91. The van der Waals surface area contributed by atoms with E-state index in [0.717, 1.165) is 45.9 Å². The molecule has 1 aromatic heterocycles. The van der Waals surface area contributed by atoms with E-state index in [1.54, 1.807) is 0 Å². The number of rotatable bonds is 6. The minimum Gasteiger partial charge on any atom is -0.481 e. The Bertz CT molecular complexity index is 1480. The predicted octanol–water partition coefficient (Wildman–Crippen LogP) is 5.77. The summed E-state index contributed by atoms with van der Waals surface area (Å²) in [4.78, 5) is 45.1. The van der Waals surface area contributed by atoms with Crippen molar-refractivity contribution in [3.8, 4) is 11.3 Å². The standard InChI is InChI=1S/C31H32BrN3O4/c1-18-25(22-16-20(32)10-11-24(22)34-26(18)19-6-3-2-4-7-19)28(37)35-31-14-12-30(13-15-31,29(38)39)17-23(31)27(36)33-21-8-5-9-21/h2-4,6-7,10-11,16,21,23H,5,8-9,12-15,17H2,1H3,(H,33,36)(H,35,37)(H,38,39). The van der Waals surface area contributed by atoms with E-state index in [1.165, 1.54) is 0 Å². The summed E-state index contributed by atoms with van der Waals surface area (Å²) in [6.45, 7) is 1.92. The fourth-order valence-corrected chi connectivity index (χ4v) is 7.17. The molecule has 3 N–H and O–H groups in total. The number of fused-ring (bicyclic) bond motifs is 4. The van der Waals surface area contributed by atoms with Gasteiger partial charge in [-0.05, 0) is 82.1 Å². The molecule has 3 aromatic rings. The Kier molecular flexibility index (Phi) is 6.49. The molecule has 1 heterocycles. The second-order valence-corrected chi connectivity index (χ2v) is 12.5. The molecule has 39 heavy (non-hydrogen) atoms. The molecule has 2 aromatic carbocycles. The van der Waals surface area contributed by atoms with E-state index in [4.69, 9.17) is 4.98 Å². The maximum absolute atomic E-state index is 14.3. The average molecular weight is 591 g/mol. The number of hydrogen-bond acceptors (Lipinski definition) is 4. The van der Waals surface area contributed by atoms with Crippen LogP contribution in [0.15, 0.2) is 53.0 Å². The van der Waals surface area contributed by atoms with Crippen LogP contribution in [-0.4, -0.2) is 39.5 Å². The number of pyridine rings is 1. The summed E-state index contributed by atoms with van der Waals surface area (Å²) in [6, 6.07) is 15.7. The van der Waals surface area contributed by atoms with Crippen molar-refractivity contribution in [2.24, 2.45) is 11.3 Å². The van der Waals surface area contributed by atoms with E-state index in [9.17, 15) is 19.5 Å². The van der Waals surface area contributed by atoms with Crippen LogP contribution in [0.3, 0.4) is 0 Å². The summed E-state index contributed by atoms with van der Waals surface area (Å²) >= 11 is 3.55. The van der Waals surface area contributed by atoms with Gasteiger partial charge >= 0.3 is 5.97 Å². The molecule has 4 fully saturated rings. The molecule has 4 saturated carbocycles. The van der Waals surface area contributed by atoms with E-state index in [1.807, 2.05) is 55.5 Å². The molecule has 2 bridgehead atoms. The van der Waals surface area contributed by atoms with E-state index < -0.39 is 22.8 Å². The Morgan fingerprint density at radius 2 is 1.74 bits per heavy atom. The molecular weight excluding hydrogens is 558 g/mol. The topological polar surface area (TPSA) is 108 Å². The highest BCUT2D eigenvalue weighted by Gasteiger charge is 2.60. The Morgan fingerprint density at radius 3 is 2.38 bits per heavy atom. The van der Waals surface area contributed by atoms with Crippen molar-refractivity contribution in [3.05, 3.63) is 64.1 Å². The minimum absolute atomic E-state index is 0.131. The first kappa shape index (κ1) is 26.0. The van der Waals surface area contributed by atoms with Crippen molar-refractivity contribution in [1.82, 2.24) is 15.6 Å². The van der Waals surface area contributed by atoms with Crippen LogP contribution in [0.25, 0.3) is 22.2 Å². The molecule has 0 aliphatic heterocycles. The fraction of sp³-hybridized carbons (Fsp3) is 0.419. The molecule has 202 valence electrons. The Balaban J connectivity index is 1.41. The van der Waals surface area contributed by atoms with Crippen molar-refractivity contribution in [3.63, 3.8) is 0 Å². The van der Waals surface area contributed by atoms with Gasteiger partial charge in [-0.3, -0.25) is 14.4 Å². The number of nitrogens with one attached hydrogen (secondary N) is 2. The predicted molar refractivity (Wildman–Crippen MR) is 152 cm³/mol. The minimum atomic E-state index is -0.904. The third-order valence-corrected chi connectivity index (χ3v) is 9.90. The highest BCUT2D eigenvalue weighted by Crippen LogP contribution is 2.55. The van der Waals surface area contributed by atoms with Gasteiger partial charge in [0.1, 0.15) is 0 Å². The first-order valence-electron chi connectivity index (χ1n) is 13.7. The zero-order valence-electron chi connectivity index (χ0n) is 21.9. The van der Waals surface area contributed by atoms with Gasteiger partial charge in [0.25, 0.3) is 5.91 Å². The van der Waals surface area contributed by atoms with Crippen LogP contribution in [0.5, 0.6) is 0 Å². The first-order chi connectivity index (χ1) is 18.7. The Hall–Kier alpha value is -3.26. The van der Waals surface area contributed by atoms with Crippen molar-refractivity contribution < 1.29 is 19.5 Å². The quantitative estimate of drug-likeness (QED) is 0.338. The van der Waals surface area contributed by atoms with E-state index in [0.29, 0.717) is 36.8 Å². The summed E-state index contributed by atoms with van der Waals surface area (Å²) in [5.74, 6) is -1.80. The van der Waals surface area contributed by atoms with Crippen LogP contribution < -0.4 is 10.6 Å². The maximum Gasteiger partial charge on any atom is 0.309 e. The van der Waals surface area contributed by atoms with Crippen LogP contribution in [0.4, 0.5) is 0 Å². The summed E-state index contributed by atoms with van der Waals surface area (Å²) in [5, 5.41) is 17.3. The van der Waals surface area contributed by atoms with Gasteiger partial charge in [-0.25, -0.2) is 4.98 Å². The Labute approximate surface area is 235 Å². The van der Waals surface area contributed by atoms with Crippen LogP contribution >= 0.6 is 15.9 Å². The number of aliphatic carboxylic acids is 1. The van der Waals surface area contributed by atoms with Crippen LogP contribution in [0.1, 0.15) is 67.3 Å². The highest BCUT2D eigenvalue weighted by atomic mass is 79.9. The summed E-state index contributed by atoms with van der Waals surface area (Å²) in [7, 11) is 0. The lowest BCUT2D eigenvalue weighted by Gasteiger charge is -2.55. The van der Waals surface area contributed by atoms with Gasteiger partial charge in [-0.15, -0.1) is 0 Å². The molecule has 0 spiro atoms. The third-order valence-electron chi connectivity index (χ3n) is 9.41. The molecule has 4 aliphatic rings. The van der Waals surface area contributed by atoms with Crippen molar-refractivity contribution in [1.29, 1.82) is 0 Å². The first-order valence-corrected chi connectivity index (χ1v) is 14.5. The molecule has 1 unspecified atom stereocenters. The maximum atomic E-state index is 14.3. The van der Waals surface area contributed by atoms with E-state index in [2.05, 4.69) is 26.6 Å². The van der Waals surface area contributed by atoms with Crippen LogP contribution in [0, 0.1) is 18.3 Å². The third kappa shape index (κ3) is 4.42. The number of hydrogen-bond donors (Lipinski definition) is 3. The van der Waals surface area contributed by atoms with Gasteiger partial charge in [0.15, 0.2) is 0 Å². The number of carbonyl (C=O) groups is 3. The van der Waals surface area contributed by atoms with Gasteiger partial charge < -0.3 is 15.7 Å². The van der Waals surface area contributed by atoms with Crippen LogP contribution in [0.2, 0.25) is 0 Å². The van der Waals surface area contributed by atoms with Crippen LogP contribution in [-0.2, 0) is 9.59 Å². The number of carbonyl (C=O) groups excluding carboxylic acids is 2. The zero-order chi connectivity index (χ0) is 27.4. The zero-order valence-corrected chi connectivity index (χ0v) is 23.5. The fourth-order valence-electron chi connectivity index (χ4n) is 6.81. The monoisotopic (exact) mass is 589 g/mol. The molecule has 0 radical (unpaired) electrons. The molecule has 4 aliphatic carbocycles. The summed E-state index contributed by atoms with van der Waals surface area (Å²) in [5.41, 5.74) is 1.98. The van der Waals surface area contributed by atoms with E-state index in [-0.39, 0.29) is 24.3 Å². The van der Waals surface area contributed by atoms with Gasteiger partial charge in [0, 0.05) is 21.5 Å². The normalized spacial score (nSPS) is 26.2. The number of benzene rings is 2. The lowest BCUT2D eigenvalue weighted by Crippen LogP contribution is -2.67. The van der Waals surface area contributed by atoms with Gasteiger partial charge in [-0.2, -0.15) is 0 Å². The van der Waals surface area contributed by atoms with Crippen molar-refractivity contribution in [2.45, 2.75) is 69.9 Å². The highest BCUT2D eigenvalue weighted by molar-refractivity contribution is 9.10. The number of amides is 2. The van der Waals surface area contributed by atoms with Crippen molar-refractivity contribution in [2.75, 3.05) is 0 Å². The number of carboxylic acid groups (broad SMARTS) is 1. The van der Waals surface area contributed by atoms with Gasteiger partial charge in [0.2, 0.25) is 5.91 Å². The number of aromatic nitrogens is 1.